The molecule has 0 spiro atoms. The minimum Gasteiger partial charge on any atom is -0.318 e. The number of hydrogen-bond donors (Lipinski definition) is 2. The van der Waals surface area contributed by atoms with Crippen LogP contribution in [-0.2, 0) is 6.54 Å². The van der Waals surface area contributed by atoms with Gasteiger partial charge >= 0.3 is 0 Å². The Hall–Kier alpha value is -1.27. The van der Waals surface area contributed by atoms with Crippen LogP contribution in [0.4, 0.5) is 8.78 Å². The predicted molar refractivity (Wildman–Crippen MR) is 85.1 cm³/mol. The molecule has 0 amide bonds. The summed E-state index contributed by atoms with van der Waals surface area (Å²) < 4.78 is 26.1. The van der Waals surface area contributed by atoms with E-state index >= 15 is 0 Å². The molecular weight excluding hydrogens is 286 g/mol. The molecule has 6 heteroatoms. The zero-order valence-electron chi connectivity index (χ0n) is 13.5. The van der Waals surface area contributed by atoms with Gasteiger partial charge < -0.3 is 10.2 Å². The number of rotatable bonds is 8. The molecule has 0 unspecified atom stereocenters. The number of hydrogen-bond acceptors (Lipinski definition) is 3. The smallest absolute Gasteiger partial charge is 0.0978 e. The Morgan fingerprint density at radius 3 is 2.77 bits per heavy atom. The maximum Gasteiger partial charge on any atom is 0.0978 e. The van der Waals surface area contributed by atoms with Gasteiger partial charge in [-0.25, -0.2) is 0 Å². The Morgan fingerprint density at radius 1 is 1.41 bits per heavy atom. The van der Waals surface area contributed by atoms with Gasteiger partial charge in [0.1, 0.15) is 0 Å². The summed E-state index contributed by atoms with van der Waals surface area (Å²) in [6, 6.07) is 0. The van der Waals surface area contributed by atoms with Gasteiger partial charge in [-0.05, 0) is 38.9 Å². The summed E-state index contributed by atoms with van der Waals surface area (Å²) in [6.07, 6.45) is 5.57. The normalized spacial score (nSPS) is 17.8. The monoisotopic (exact) mass is 312 g/mol. The van der Waals surface area contributed by atoms with Gasteiger partial charge in [-0.15, -0.1) is 0 Å². The summed E-state index contributed by atoms with van der Waals surface area (Å²) in [7, 11) is 4.01. The lowest BCUT2D eigenvalue weighted by Crippen LogP contribution is -2.28. The molecule has 2 N–H and O–H groups in total. The molecule has 0 saturated heterocycles. The maximum atomic E-state index is 13.1. The number of nitrogens with one attached hydrogen (secondary N) is 2. The Morgan fingerprint density at radius 2 is 2.18 bits per heavy atom. The van der Waals surface area contributed by atoms with Crippen molar-refractivity contribution in [2.24, 2.45) is 5.41 Å². The van der Waals surface area contributed by atoms with E-state index in [0.717, 1.165) is 36.5 Å². The molecular formula is C16H26F2N4. The van der Waals surface area contributed by atoms with Crippen LogP contribution in [0.15, 0.2) is 12.3 Å². The van der Waals surface area contributed by atoms with Crippen LogP contribution in [0.1, 0.15) is 30.5 Å². The molecule has 0 aliphatic heterocycles. The van der Waals surface area contributed by atoms with Crippen LogP contribution in [0, 0.1) is 5.41 Å². The summed E-state index contributed by atoms with van der Waals surface area (Å²) in [6.45, 7) is 1.51. The minimum absolute atomic E-state index is 0.456. The number of halogens is 2. The number of alkyl halides is 2. The molecule has 0 saturated carbocycles. The quantitative estimate of drug-likeness (QED) is 0.775. The number of nitrogens with zero attached hydrogens (tertiary/aromatic N) is 2. The van der Waals surface area contributed by atoms with Crippen LogP contribution >= 0.6 is 0 Å². The van der Waals surface area contributed by atoms with E-state index < -0.39 is 18.8 Å². The van der Waals surface area contributed by atoms with Crippen LogP contribution in [0.5, 0.6) is 0 Å². The van der Waals surface area contributed by atoms with Crippen LogP contribution < -0.4 is 5.32 Å². The van der Waals surface area contributed by atoms with Crippen molar-refractivity contribution in [1.29, 1.82) is 0 Å². The second kappa shape index (κ2) is 7.83. The van der Waals surface area contributed by atoms with Crippen molar-refractivity contribution in [3.05, 3.63) is 23.5 Å². The van der Waals surface area contributed by atoms with Gasteiger partial charge in [-0.1, -0.05) is 6.08 Å². The molecule has 2 rings (SSSR count). The summed E-state index contributed by atoms with van der Waals surface area (Å²) >= 11 is 0. The molecule has 1 aliphatic rings. The van der Waals surface area contributed by atoms with Crippen LogP contribution in [-0.4, -0.2) is 55.6 Å². The van der Waals surface area contributed by atoms with E-state index in [9.17, 15) is 8.78 Å². The zero-order chi connectivity index (χ0) is 16.0. The van der Waals surface area contributed by atoms with Crippen LogP contribution in [0.2, 0.25) is 0 Å². The highest BCUT2D eigenvalue weighted by molar-refractivity contribution is 5.66. The average Bonchev–Trinajstić information content (AvgIpc) is 3.01. The summed E-state index contributed by atoms with van der Waals surface area (Å²) in [4.78, 5) is 2.22. The van der Waals surface area contributed by atoms with Gasteiger partial charge in [0.25, 0.3) is 0 Å². The maximum absolute atomic E-state index is 13.1. The molecule has 0 atom stereocenters. The van der Waals surface area contributed by atoms with E-state index in [1.165, 1.54) is 0 Å². The largest absolute Gasteiger partial charge is 0.318 e. The van der Waals surface area contributed by atoms with Crippen molar-refractivity contribution in [3.8, 4) is 0 Å². The molecule has 124 valence electrons. The van der Waals surface area contributed by atoms with E-state index in [1.807, 2.05) is 19.3 Å². The second-order valence-corrected chi connectivity index (χ2v) is 6.30. The van der Waals surface area contributed by atoms with E-state index in [4.69, 9.17) is 0 Å². The van der Waals surface area contributed by atoms with E-state index in [2.05, 4.69) is 27.5 Å². The fourth-order valence-electron chi connectivity index (χ4n) is 2.82. The third kappa shape index (κ3) is 3.93. The van der Waals surface area contributed by atoms with Gasteiger partial charge in [0.15, 0.2) is 0 Å². The number of aromatic nitrogens is 2. The van der Waals surface area contributed by atoms with E-state index in [1.54, 1.807) is 0 Å². The summed E-state index contributed by atoms with van der Waals surface area (Å²) in [5.41, 5.74) is 2.39. The Labute approximate surface area is 131 Å². The minimum atomic E-state index is -0.802. The second-order valence-electron chi connectivity index (χ2n) is 6.30. The number of aromatic amines is 1. The number of likely N-dealkylation sites (N-methyl/N-ethyl adjacent to an activating group) is 2. The number of allylic oxidation sites excluding steroid dienone is 2. The molecule has 1 aromatic heterocycles. The van der Waals surface area contributed by atoms with E-state index in [-0.39, 0.29) is 0 Å². The van der Waals surface area contributed by atoms with Crippen molar-refractivity contribution >= 4 is 5.57 Å². The molecule has 4 nitrogen and oxygen atoms in total. The zero-order valence-corrected chi connectivity index (χ0v) is 13.5. The molecule has 22 heavy (non-hydrogen) atoms. The third-order valence-electron chi connectivity index (χ3n) is 4.48. The first-order valence-electron chi connectivity index (χ1n) is 7.81. The molecule has 1 heterocycles. The first-order chi connectivity index (χ1) is 10.6. The molecule has 0 fully saturated rings. The van der Waals surface area contributed by atoms with Crippen LogP contribution in [0.25, 0.3) is 5.57 Å². The van der Waals surface area contributed by atoms with Gasteiger partial charge in [-0.2, -0.15) is 5.10 Å². The van der Waals surface area contributed by atoms with Gasteiger partial charge in [0, 0.05) is 36.8 Å². The van der Waals surface area contributed by atoms with Crippen LogP contribution in [0.3, 0.4) is 0 Å². The van der Waals surface area contributed by atoms with Crippen molar-refractivity contribution in [2.75, 3.05) is 40.5 Å². The number of H-pyrrole nitrogens is 1. The Bertz CT molecular complexity index is 494. The SMILES string of the molecule is CNCCN(C)Cc1c[nH]nc1C1=CCC(CF)(CF)CC1. The first-order valence-corrected chi connectivity index (χ1v) is 7.81. The van der Waals surface area contributed by atoms with Gasteiger partial charge in [0.05, 0.1) is 19.0 Å². The van der Waals surface area contributed by atoms with Gasteiger partial charge in [-0.3, -0.25) is 13.9 Å². The van der Waals surface area contributed by atoms with Crippen molar-refractivity contribution in [1.82, 2.24) is 20.4 Å². The highest BCUT2D eigenvalue weighted by atomic mass is 19.1. The molecule has 1 aromatic rings. The predicted octanol–water partition coefficient (Wildman–Crippen LogP) is 2.55. The first kappa shape index (κ1) is 17.1. The summed E-state index contributed by atoms with van der Waals surface area (Å²) in [5.74, 6) is 0. The highest BCUT2D eigenvalue weighted by Gasteiger charge is 2.33. The highest BCUT2D eigenvalue weighted by Crippen LogP contribution is 2.39. The lowest BCUT2D eigenvalue weighted by atomic mass is 9.76. The Kier molecular flexibility index (Phi) is 6.08. The average molecular weight is 312 g/mol. The van der Waals surface area contributed by atoms with Crippen molar-refractivity contribution < 1.29 is 8.78 Å². The topological polar surface area (TPSA) is 44.0 Å². The molecule has 1 aliphatic carbocycles. The Balaban J connectivity index is 2.05. The molecule has 0 bridgehead atoms. The fourth-order valence-corrected chi connectivity index (χ4v) is 2.82. The van der Waals surface area contributed by atoms with E-state index in [0.29, 0.717) is 19.3 Å². The molecule has 0 radical (unpaired) electrons. The third-order valence-corrected chi connectivity index (χ3v) is 4.48. The van der Waals surface area contributed by atoms with Crippen molar-refractivity contribution in [3.63, 3.8) is 0 Å². The fraction of sp³-hybridized carbons (Fsp3) is 0.688. The van der Waals surface area contributed by atoms with Crippen molar-refractivity contribution in [2.45, 2.75) is 25.8 Å². The lowest BCUT2D eigenvalue weighted by molar-refractivity contribution is 0.140. The standard InChI is InChI=1S/C16H26F2N4/c1-19-7-8-22(2)10-14-9-20-21-15(14)13-3-5-16(11-17,12-18)6-4-13/h3,9,19H,4-8,10-12H2,1-2H3,(H,20,21). The van der Waals surface area contributed by atoms with Gasteiger partial charge in [0.2, 0.25) is 0 Å². The summed E-state index contributed by atoms with van der Waals surface area (Å²) in [5, 5.41) is 10.4. The lowest BCUT2D eigenvalue weighted by Gasteiger charge is -2.31. The molecule has 0 aromatic carbocycles.